The van der Waals surface area contributed by atoms with Crippen LogP contribution < -0.4 is 10.2 Å². The fourth-order valence-corrected chi connectivity index (χ4v) is 3.98. The Hall–Kier alpha value is -4.26. The molecule has 3 amide bonds. The maximum absolute atomic E-state index is 13.1. The second-order valence-electron chi connectivity index (χ2n) is 7.67. The molecule has 2 N–H and O–H groups in total. The van der Waals surface area contributed by atoms with Crippen LogP contribution in [-0.4, -0.2) is 28.8 Å². The Balaban J connectivity index is 1.65. The van der Waals surface area contributed by atoms with Crippen molar-refractivity contribution in [1.29, 1.82) is 0 Å². The number of hydrogen-bond donors (Lipinski definition) is 2. The van der Waals surface area contributed by atoms with E-state index in [4.69, 9.17) is 0 Å². The Morgan fingerprint density at radius 2 is 1.45 bits per heavy atom. The first-order valence-electron chi connectivity index (χ1n) is 10.6. The van der Waals surface area contributed by atoms with Crippen LogP contribution in [0, 0.1) is 0 Å². The van der Waals surface area contributed by atoms with E-state index in [0.29, 0.717) is 5.56 Å². The van der Waals surface area contributed by atoms with Gasteiger partial charge in [-0.1, -0.05) is 38.1 Å². The maximum atomic E-state index is 13.1. The van der Waals surface area contributed by atoms with Crippen LogP contribution in [0.4, 0.5) is 11.4 Å². The lowest BCUT2D eigenvalue weighted by Gasteiger charge is -2.17. The molecule has 0 aliphatic carbocycles. The summed E-state index contributed by atoms with van der Waals surface area (Å²) in [7, 11) is 0. The van der Waals surface area contributed by atoms with E-state index in [1.165, 1.54) is 24.3 Å². The number of benzene rings is 3. The predicted octanol–water partition coefficient (Wildman–Crippen LogP) is 4.56. The Bertz CT molecular complexity index is 1290. The first-order chi connectivity index (χ1) is 15.8. The SMILES string of the molecule is CCc1cccc(CC)c1NC(=O)c1cccc(N2C(=O)c3ccc(C(=O)O)cc3C2=O)c1. The van der Waals surface area contributed by atoms with Crippen molar-refractivity contribution < 1.29 is 24.3 Å². The third kappa shape index (κ3) is 3.89. The van der Waals surface area contributed by atoms with Gasteiger partial charge < -0.3 is 10.4 Å². The van der Waals surface area contributed by atoms with E-state index in [1.54, 1.807) is 18.2 Å². The van der Waals surface area contributed by atoms with Gasteiger partial charge in [-0.05, 0) is 60.4 Å². The summed E-state index contributed by atoms with van der Waals surface area (Å²) < 4.78 is 0. The molecule has 0 atom stereocenters. The lowest BCUT2D eigenvalue weighted by atomic mass is 10.0. The van der Waals surface area contributed by atoms with Crippen molar-refractivity contribution in [2.24, 2.45) is 0 Å². The molecule has 1 heterocycles. The van der Waals surface area contributed by atoms with Crippen LogP contribution in [-0.2, 0) is 12.8 Å². The average Bonchev–Trinajstić information content (AvgIpc) is 3.08. The normalized spacial score (nSPS) is 12.6. The number of aromatic carboxylic acids is 1. The number of carboxylic acid groups (broad SMARTS) is 1. The number of fused-ring (bicyclic) bond motifs is 1. The minimum absolute atomic E-state index is 0.0271. The minimum Gasteiger partial charge on any atom is -0.478 e. The summed E-state index contributed by atoms with van der Waals surface area (Å²) in [5.74, 6) is -2.72. The highest BCUT2D eigenvalue weighted by atomic mass is 16.4. The van der Waals surface area contributed by atoms with Crippen molar-refractivity contribution >= 4 is 35.1 Å². The first kappa shape index (κ1) is 22.0. The standard InChI is InChI=1S/C26H22N2O5/c1-3-15-7-5-8-16(4-2)22(15)27-23(29)17-9-6-10-19(13-17)28-24(30)20-12-11-18(26(32)33)14-21(20)25(28)31/h5-14H,3-4H2,1-2H3,(H,27,29)(H,32,33). The van der Waals surface area contributed by atoms with E-state index < -0.39 is 17.8 Å². The van der Waals surface area contributed by atoms with Gasteiger partial charge in [0.25, 0.3) is 17.7 Å². The minimum atomic E-state index is -1.19. The predicted molar refractivity (Wildman–Crippen MR) is 124 cm³/mol. The lowest BCUT2D eigenvalue weighted by molar-refractivity contribution is 0.0696. The largest absolute Gasteiger partial charge is 0.478 e. The van der Waals surface area contributed by atoms with Crippen LogP contribution in [0.5, 0.6) is 0 Å². The van der Waals surface area contributed by atoms with E-state index in [1.807, 2.05) is 32.0 Å². The highest BCUT2D eigenvalue weighted by molar-refractivity contribution is 6.34. The number of anilines is 2. The van der Waals surface area contributed by atoms with Crippen LogP contribution in [0.3, 0.4) is 0 Å². The van der Waals surface area contributed by atoms with E-state index in [0.717, 1.165) is 34.6 Å². The molecule has 0 bridgehead atoms. The summed E-state index contributed by atoms with van der Waals surface area (Å²) in [6.07, 6.45) is 1.52. The molecule has 0 radical (unpaired) electrons. The quantitative estimate of drug-likeness (QED) is 0.545. The molecular weight excluding hydrogens is 420 g/mol. The second kappa shape index (κ2) is 8.70. The summed E-state index contributed by atoms with van der Waals surface area (Å²) in [6.45, 7) is 4.03. The van der Waals surface area contributed by atoms with Crippen molar-refractivity contribution in [2.75, 3.05) is 10.2 Å². The summed E-state index contributed by atoms with van der Waals surface area (Å²) in [5.41, 5.74) is 3.44. The number of rotatable bonds is 6. The van der Waals surface area contributed by atoms with Crippen LogP contribution in [0.25, 0.3) is 0 Å². The van der Waals surface area contributed by atoms with E-state index in [-0.39, 0.29) is 28.3 Å². The molecule has 1 aliphatic heterocycles. The van der Waals surface area contributed by atoms with Crippen molar-refractivity contribution in [1.82, 2.24) is 0 Å². The van der Waals surface area contributed by atoms with Crippen molar-refractivity contribution in [3.8, 4) is 0 Å². The highest BCUT2D eigenvalue weighted by Crippen LogP contribution is 2.30. The number of nitrogens with one attached hydrogen (secondary N) is 1. The third-order valence-corrected chi connectivity index (χ3v) is 5.74. The van der Waals surface area contributed by atoms with E-state index >= 15 is 0 Å². The maximum Gasteiger partial charge on any atom is 0.335 e. The van der Waals surface area contributed by atoms with Gasteiger partial charge in [-0.15, -0.1) is 0 Å². The number of nitrogens with zero attached hydrogens (tertiary/aromatic N) is 1. The average molecular weight is 442 g/mol. The van der Waals surface area contributed by atoms with Crippen LogP contribution >= 0.6 is 0 Å². The van der Waals surface area contributed by atoms with Crippen LogP contribution in [0.15, 0.2) is 60.7 Å². The third-order valence-electron chi connectivity index (χ3n) is 5.74. The van der Waals surface area contributed by atoms with Crippen molar-refractivity contribution in [2.45, 2.75) is 26.7 Å². The van der Waals surface area contributed by atoms with Gasteiger partial charge in [-0.25, -0.2) is 9.69 Å². The smallest absolute Gasteiger partial charge is 0.335 e. The number of amides is 3. The Morgan fingerprint density at radius 3 is 2.09 bits per heavy atom. The Morgan fingerprint density at radius 1 is 0.818 bits per heavy atom. The molecule has 0 fully saturated rings. The van der Waals surface area contributed by atoms with Gasteiger partial charge >= 0.3 is 5.97 Å². The zero-order valence-electron chi connectivity index (χ0n) is 18.2. The van der Waals surface area contributed by atoms with Crippen molar-refractivity contribution in [3.05, 3.63) is 94.0 Å². The molecule has 0 aromatic heterocycles. The Labute approximate surface area is 190 Å². The van der Waals surface area contributed by atoms with Gasteiger partial charge in [-0.3, -0.25) is 14.4 Å². The number of carbonyl (C=O) groups is 4. The molecule has 4 rings (SSSR count). The summed E-state index contributed by atoms with van der Waals surface area (Å²) >= 11 is 0. The van der Waals surface area contributed by atoms with Gasteiger partial charge in [-0.2, -0.15) is 0 Å². The molecule has 0 saturated carbocycles. The molecule has 3 aromatic rings. The highest BCUT2D eigenvalue weighted by Gasteiger charge is 2.37. The number of aryl methyl sites for hydroxylation is 2. The molecule has 3 aromatic carbocycles. The Kier molecular flexibility index (Phi) is 5.79. The number of hydrogen-bond acceptors (Lipinski definition) is 4. The van der Waals surface area contributed by atoms with Gasteiger partial charge in [0.05, 0.1) is 22.4 Å². The molecule has 0 unspecified atom stereocenters. The fraction of sp³-hybridized carbons (Fsp3) is 0.154. The second-order valence-corrected chi connectivity index (χ2v) is 7.67. The first-order valence-corrected chi connectivity index (χ1v) is 10.6. The van der Waals surface area contributed by atoms with Crippen molar-refractivity contribution in [3.63, 3.8) is 0 Å². The monoisotopic (exact) mass is 442 g/mol. The molecule has 1 aliphatic rings. The summed E-state index contributed by atoms with van der Waals surface area (Å²) in [4.78, 5) is 51.1. The molecule has 0 saturated heterocycles. The number of carbonyl (C=O) groups excluding carboxylic acids is 3. The summed E-state index contributed by atoms with van der Waals surface area (Å²) in [6, 6.07) is 16.0. The van der Waals surface area contributed by atoms with Crippen LogP contribution in [0.1, 0.15) is 66.4 Å². The number of carboxylic acids is 1. The molecular formula is C26H22N2O5. The zero-order valence-corrected chi connectivity index (χ0v) is 18.2. The van der Waals surface area contributed by atoms with E-state index in [2.05, 4.69) is 5.32 Å². The van der Waals surface area contributed by atoms with Crippen LogP contribution in [0.2, 0.25) is 0 Å². The molecule has 7 heteroatoms. The zero-order chi connectivity index (χ0) is 23.7. The van der Waals surface area contributed by atoms with E-state index in [9.17, 15) is 24.3 Å². The fourth-order valence-electron chi connectivity index (χ4n) is 3.98. The summed E-state index contributed by atoms with van der Waals surface area (Å²) in [5, 5.41) is 12.2. The van der Waals surface area contributed by atoms with Gasteiger partial charge in [0.1, 0.15) is 0 Å². The van der Waals surface area contributed by atoms with Gasteiger partial charge in [0.2, 0.25) is 0 Å². The number of imide groups is 1. The molecule has 7 nitrogen and oxygen atoms in total. The molecule has 166 valence electrons. The van der Waals surface area contributed by atoms with Gasteiger partial charge in [0, 0.05) is 11.3 Å². The lowest BCUT2D eigenvalue weighted by Crippen LogP contribution is -2.29. The topological polar surface area (TPSA) is 104 Å². The molecule has 33 heavy (non-hydrogen) atoms. The number of para-hydroxylation sites is 1. The van der Waals surface area contributed by atoms with Gasteiger partial charge in [0.15, 0.2) is 0 Å². The molecule has 0 spiro atoms.